The van der Waals surface area contributed by atoms with Crippen molar-refractivity contribution in [3.05, 3.63) is 161 Å². The minimum absolute atomic E-state index is 0.0387. The number of allylic oxidation sites excluding steroid dienone is 4. The second-order valence-electron chi connectivity index (χ2n) is 15.3. The van der Waals surface area contributed by atoms with Gasteiger partial charge in [0.1, 0.15) is 0 Å². The van der Waals surface area contributed by atoms with E-state index in [1.807, 2.05) is 19.1 Å². The number of hydrogen-bond donors (Lipinski definition) is 0. The Hall–Kier alpha value is -4.32. The summed E-state index contributed by atoms with van der Waals surface area (Å²) in [6.07, 6.45) is 1.12. The van der Waals surface area contributed by atoms with E-state index in [4.69, 9.17) is 0 Å². The standard InChI is InChI=1S/C43H40F6/c1-24-19-29-22-33-35(26-13-9-10-14-26)25(2)39(41(6,7)8)38(37(33)32(29)23-34(24)40(3,4)5)36(27-15-11-17-30(20-27)42(44,45)46)28-16-12-18-31(21-28)43(47,48)49/h9-23,26H,1-8H3. The van der Waals surface area contributed by atoms with Gasteiger partial charge < -0.3 is 0 Å². The van der Waals surface area contributed by atoms with Crippen LogP contribution in [0.2, 0.25) is 0 Å². The van der Waals surface area contributed by atoms with Gasteiger partial charge >= 0.3 is 12.4 Å². The molecule has 49 heavy (non-hydrogen) atoms. The fourth-order valence-electron chi connectivity index (χ4n) is 7.78. The minimum atomic E-state index is -4.65. The highest BCUT2D eigenvalue weighted by Gasteiger charge is 2.34. The van der Waals surface area contributed by atoms with Gasteiger partial charge in [0.2, 0.25) is 0 Å². The van der Waals surface area contributed by atoms with Gasteiger partial charge in [-0.05, 0) is 132 Å². The molecule has 0 amide bonds. The number of alkyl halides is 6. The van der Waals surface area contributed by atoms with Crippen molar-refractivity contribution in [3.63, 3.8) is 0 Å². The number of halogens is 6. The Morgan fingerprint density at radius 2 is 1.18 bits per heavy atom. The third kappa shape index (κ3) is 6.19. The highest BCUT2D eigenvalue weighted by molar-refractivity contribution is 5.83. The maximum absolute atomic E-state index is 14.2. The van der Waals surface area contributed by atoms with E-state index < -0.39 is 28.9 Å². The number of hydrogen-bond acceptors (Lipinski definition) is 0. The van der Waals surface area contributed by atoms with E-state index in [9.17, 15) is 26.3 Å². The van der Waals surface area contributed by atoms with Gasteiger partial charge in [0, 0.05) is 5.92 Å². The van der Waals surface area contributed by atoms with Gasteiger partial charge in [-0.15, -0.1) is 0 Å². The summed E-state index contributed by atoms with van der Waals surface area (Å²) in [5.41, 5.74) is 4.37. The molecule has 0 fully saturated rings. The molecular weight excluding hydrogens is 630 g/mol. The van der Waals surface area contributed by atoms with E-state index in [-0.39, 0.29) is 22.5 Å². The van der Waals surface area contributed by atoms with Crippen LogP contribution in [0.1, 0.15) is 103 Å². The van der Waals surface area contributed by atoms with Crippen LogP contribution in [0, 0.1) is 24.3 Å². The molecule has 0 aliphatic heterocycles. The van der Waals surface area contributed by atoms with Crippen molar-refractivity contribution in [1.29, 1.82) is 0 Å². The molecule has 0 saturated heterocycles. The van der Waals surface area contributed by atoms with Crippen molar-refractivity contribution < 1.29 is 26.3 Å². The second-order valence-corrected chi connectivity index (χ2v) is 15.3. The molecule has 0 atom stereocenters. The molecule has 0 unspecified atom stereocenters. The zero-order valence-corrected chi connectivity index (χ0v) is 29.0. The van der Waals surface area contributed by atoms with Gasteiger partial charge in [-0.1, -0.05) is 96.2 Å². The SMILES string of the molecule is Cc1cc2c(cc1C(C)(C)C)=c1c(c(C3C=CC=C3)c(C)c(C(C)(C)C)c1=C(c1cccc(C(F)(F)F)c1)c1cccc(C(F)(F)F)c1)C=2. The average molecular weight is 671 g/mol. The molecule has 4 aromatic rings. The number of aryl methyl sites for hydroxylation is 1. The van der Waals surface area contributed by atoms with Gasteiger partial charge in [0.25, 0.3) is 0 Å². The first-order valence-corrected chi connectivity index (χ1v) is 16.5. The van der Waals surface area contributed by atoms with Gasteiger partial charge in [-0.3, -0.25) is 0 Å². The first-order valence-electron chi connectivity index (χ1n) is 16.5. The summed E-state index contributed by atoms with van der Waals surface area (Å²) in [4.78, 5) is 0. The monoisotopic (exact) mass is 670 g/mol. The summed E-state index contributed by atoms with van der Waals surface area (Å²) in [7, 11) is 0. The van der Waals surface area contributed by atoms with Crippen LogP contribution in [0.25, 0.3) is 11.6 Å². The van der Waals surface area contributed by atoms with Crippen molar-refractivity contribution in [2.24, 2.45) is 0 Å². The summed E-state index contributed by atoms with van der Waals surface area (Å²) in [6, 6.07) is 14.3. The fourth-order valence-corrected chi connectivity index (χ4v) is 7.78. The molecule has 6 heteroatoms. The summed E-state index contributed by atoms with van der Waals surface area (Å²) in [5, 5.41) is 3.40. The fraction of sp³-hybridized carbons (Fsp3) is 0.302. The third-order valence-corrected chi connectivity index (χ3v) is 9.65. The first kappa shape index (κ1) is 34.5. The van der Waals surface area contributed by atoms with E-state index in [1.54, 1.807) is 12.1 Å². The topological polar surface area (TPSA) is 0 Å². The van der Waals surface area contributed by atoms with Crippen LogP contribution in [-0.4, -0.2) is 0 Å². The van der Waals surface area contributed by atoms with Crippen molar-refractivity contribution in [2.45, 2.75) is 84.5 Å². The number of fused-ring (bicyclic) bond motifs is 2. The highest BCUT2D eigenvalue weighted by Crippen LogP contribution is 2.39. The molecule has 254 valence electrons. The molecule has 2 aliphatic rings. The molecule has 0 nitrogen and oxygen atoms in total. The Balaban J connectivity index is 2.01. The summed E-state index contributed by atoms with van der Waals surface area (Å²) >= 11 is 0. The Labute approximate surface area is 283 Å². The average Bonchev–Trinajstić information content (AvgIpc) is 3.63. The Bertz CT molecular complexity index is 2210. The van der Waals surface area contributed by atoms with E-state index in [2.05, 4.69) is 78.8 Å². The lowest BCUT2D eigenvalue weighted by atomic mass is 9.75. The highest BCUT2D eigenvalue weighted by atomic mass is 19.4. The van der Waals surface area contributed by atoms with Gasteiger partial charge in [0.05, 0.1) is 11.1 Å². The maximum Gasteiger partial charge on any atom is 0.416 e. The van der Waals surface area contributed by atoms with Gasteiger partial charge in [-0.2, -0.15) is 26.3 Å². The van der Waals surface area contributed by atoms with Gasteiger partial charge in [-0.25, -0.2) is 0 Å². The third-order valence-electron chi connectivity index (χ3n) is 9.65. The van der Waals surface area contributed by atoms with Crippen LogP contribution in [0.3, 0.4) is 0 Å². The Kier molecular flexibility index (Phi) is 8.20. The predicted octanol–water partition coefficient (Wildman–Crippen LogP) is 10.8. The summed E-state index contributed by atoms with van der Waals surface area (Å²) in [5.74, 6) is -0.0387. The summed E-state index contributed by atoms with van der Waals surface area (Å²) in [6.45, 7) is 16.7. The van der Waals surface area contributed by atoms with Crippen LogP contribution >= 0.6 is 0 Å². The van der Waals surface area contributed by atoms with Crippen LogP contribution in [0.4, 0.5) is 26.3 Å². The van der Waals surface area contributed by atoms with Crippen LogP contribution in [0.15, 0.2) is 85.0 Å². The lowest BCUT2D eigenvalue weighted by Crippen LogP contribution is -2.30. The van der Waals surface area contributed by atoms with Crippen molar-refractivity contribution >= 4 is 11.6 Å². The zero-order chi connectivity index (χ0) is 35.8. The second kappa shape index (κ2) is 11.6. The van der Waals surface area contributed by atoms with Crippen molar-refractivity contribution in [2.75, 3.05) is 0 Å². The van der Waals surface area contributed by atoms with E-state index in [0.29, 0.717) is 10.8 Å². The lowest BCUT2D eigenvalue weighted by molar-refractivity contribution is -0.138. The van der Waals surface area contributed by atoms with Crippen molar-refractivity contribution in [1.82, 2.24) is 0 Å². The number of benzene rings is 4. The van der Waals surface area contributed by atoms with E-state index in [1.165, 1.54) is 12.1 Å². The predicted molar refractivity (Wildman–Crippen MR) is 186 cm³/mol. The lowest BCUT2D eigenvalue weighted by Gasteiger charge is -2.29. The normalized spacial score (nSPS) is 14.7. The van der Waals surface area contributed by atoms with Crippen LogP contribution in [-0.2, 0) is 23.2 Å². The molecule has 4 aromatic carbocycles. The molecule has 0 bridgehead atoms. The quantitative estimate of drug-likeness (QED) is 0.168. The molecule has 2 aliphatic carbocycles. The minimum Gasteiger partial charge on any atom is -0.166 e. The molecule has 6 rings (SSSR count). The molecule has 0 heterocycles. The Morgan fingerprint density at radius 3 is 1.65 bits per heavy atom. The first-order chi connectivity index (χ1) is 22.7. The Morgan fingerprint density at radius 1 is 0.653 bits per heavy atom. The summed E-state index contributed by atoms with van der Waals surface area (Å²) < 4.78 is 85.5. The van der Waals surface area contributed by atoms with Crippen molar-refractivity contribution in [3.8, 4) is 0 Å². The molecular formula is C43H40F6. The maximum atomic E-state index is 14.2. The van der Waals surface area contributed by atoms with E-state index in [0.717, 1.165) is 73.3 Å². The zero-order valence-electron chi connectivity index (χ0n) is 29.0. The smallest absolute Gasteiger partial charge is 0.166 e. The largest absolute Gasteiger partial charge is 0.416 e. The molecule has 0 spiro atoms. The molecule has 0 saturated carbocycles. The number of rotatable bonds is 3. The van der Waals surface area contributed by atoms with Gasteiger partial charge in [0.15, 0.2) is 0 Å². The van der Waals surface area contributed by atoms with Crippen LogP contribution in [0.5, 0.6) is 0 Å². The molecule has 0 N–H and O–H groups in total. The van der Waals surface area contributed by atoms with Crippen LogP contribution < -0.4 is 10.4 Å². The molecule has 0 aromatic heterocycles. The molecule has 0 radical (unpaired) electrons. The van der Waals surface area contributed by atoms with E-state index >= 15 is 0 Å².